The maximum atomic E-state index is 13.9. The number of unbranched alkanes of at least 4 members (excludes halogenated alkanes) is 1. The van der Waals surface area contributed by atoms with Gasteiger partial charge in [-0.1, -0.05) is 91.1 Å². The van der Waals surface area contributed by atoms with Crippen molar-refractivity contribution in [2.45, 2.75) is 51.6 Å². The highest BCUT2D eigenvalue weighted by Crippen LogP contribution is 2.24. The molecule has 0 saturated heterocycles. The number of amides is 2. The molecular formula is C31H37Cl2N3O4S. The Labute approximate surface area is 253 Å². The van der Waals surface area contributed by atoms with Crippen molar-refractivity contribution in [3.8, 4) is 0 Å². The van der Waals surface area contributed by atoms with E-state index in [-0.39, 0.29) is 37.7 Å². The standard InChI is InChI=1S/C31H37Cl2N3O4S/c1-3-4-19-34-31(38)29(21-24-12-6-5-7-13-24)35(23-25-14-8-9-17-28(25)33)30(37)18-11-20-36(41(2,39)40)27-16-10-15-26(32)22-27/h5-10,12-17,22,29H,3-4,11,18-21,23H2,1-2H3,(H,34,38)/t29-/m1/s1. The minimum absolute atomic E-state index is 0.0323. The minimum atomic E-state index is -3.62. The minimum Gasteiger partial charge on any atom is -0.354 e. The molecule has 10 heteroatoms. The van der Waals surface area contributed by atoms with Crippen LogP contribution in [0.4, 0.5) is 5.69 Å². The van der Waals surface area contributed by atoms with Crippen LogP contribution in [0.15, 0.2) is 78.9 Å². The van der Waals surface area contributed by atoms with E-state index in [1.54, 1.807) is 35.2 Å². The zero-order chi connectivity index (χ0) is 29.8. The second-order valence-corrected chi connectivity index (χ2v) is 12.6. The predicted molar refractivity (Wildman–Crippen MR) is 167 cm³/mol. The summed E-state index contributed by atoms with van der Waals surface area (Å²) < 4.78 is 26.4. The van der Waals surface area contributed by atoms with Crippen LogP contribution >= 0.6 is 23.2 Å². The monoisotopic (exact) mass is 617 g/mol. The number of hydrogen-bond acceptors (Lipinski definition) is 4. The van der Waals surface area contributed by atoms with Gasteiger partial charge in [0.2, 0.25) is 21.8 Å². The molecule has 0 spiro atoms. The molecule has 1 N–H and O–H groups in total. The van der Waals surface area contributed by atoms with E-state index in [9.17, 15) is 18.0 Å². The average molecular weight is 619 g/mol. The van der Waals surface area contributed by atoms with Crippen molar-refractivity contribution in [1.82, 2.24) is 10.2 Å². The summed E-state index contributed by atoms with van der Waals surface area (Å²) in [6, 6.07) is 22.6. The first-order valence-electron chi connectivity index (χ1n) is 13.7. The summed E-state index contributed by atoms with van der Waals surface area (Å²) in [5.41, 5.74) is 2.07. The third kappa shape index (κ3) is 10.1. The predicted octanol–water partition coefficient (Wildman–Crippen LogP) is 6.10. The highest BCUT2D eigenvalue weighted by molar-refractivity contribution is 7.92. The van der Waals surface area contributed by atoms with E-state index in [0.717, 1.165) is 30.2 Å². The van der Waals surface area contributed by atoms with Gasteiger partial charge in [-0.2, -0.15) is 0 Å². The molecule has 0 aliphatic carbocycles. The number of benzene rings is 3. The van der Waals surface area contributed by atoms with E-state index in [2.05, 4.69) is 5.32 Å². The van der Waals surface area contributed by atoms with Crippen LogP contribution in [0.5, 0.6) is 0 Å². The number of sulfonamides is 1. The van der Waals surface area contributed by atoms with Gasteiger partial charge in [-0.3, -0.25) is 13.9 Å². The smallest absolute Gasteiger partial charge is 0.243 e. The maximum Gasteiger partial charge on any atom is 0.243 e. The molecule has 3 aromatic carbocycles. The number of hydrogen-bond donors (Lipinski definition) is 1. The van der Waals surface area contributed by atoms with E-state index >= 15 is 0 Å². The molecular weight excluding hydrogens is 581 g/mol. The highest BCUT2D eigenvalue weighted by atomic mass is 35.5. The normalized spacial score (nSPS) is 12.0. The van der Waals surface area contributed by atoms with E-state index in [1.807, 2.05) is 55.5 Å². The number of nitrogens with zero attached hydrogens (tertiary/aromatic N) is 2. The number of carbonyl (C=O) groups is 2. The summed E-state index contributed by atoms with van der Waals surface area (Å²) in [5, 5.41) is 3.91. The van der Waals surface area contributed by atoms with Crippen molar-refractivity contribution in [2.75, 3.05) is 23.7 Å². The van der Waals surface area contributed by atoms with E-state index in [1.165, 1.54) is 4.31 Å². The number of carbonyl (C=O) groups excluding carboxylic acids is 2. The van der Waals surface area contributed by atoms with Gasteiger partial charge in [-0.15, -0.1) is 0 Å². The Balaban J connectivity index is 1.88. The van der Waals surface area contributed by atoms with Gasteiger partial charge in [0.1, 0.15) is 6.04 Å². The molecule has 0 bridgehead atoms. The molecule has 220 valence electrons. The lowest BCUT2D eigenvalue weighted by molar-refractivity contribution is -0.141. The molecule has 1 atom stereocenters. The fraction of sp³-hybridized carbons (Fsp3) is 0.355. The van der Waals surface area contributed by atoms with Crippen LogP contribution in [0, 0.1) is 0 Å². The van der Waals surface area contributed by atoms with Crippen molar-refractivity contribution >= 4 is 50.7 Å². The van der Waals surface area contributed by atoms with Gasteiger partial charge in [-0.25, -0.2) is 8.42 Å². The zero-order valence-electron chi connectivity index (χ0n) is 23.4. The Bertz CT molecular complexity index is 1400. The van der Waals surface area contributed by atoms with Crippen LogP contribution in [0.2, 0.25) is 10.0 Å². The molecule has 3 aromatic rings. The van der Waals surface area contributed by atoms with Crippen molar-refractivity contribution in [3.63, 3.8) is 0 Å². The maximum absolute atomic E-state index is 13.9. The summed E-state index contributed by atoms with van der Waals surface area (Å²) >= 11 is 12.6. The van der Waals surface area contributed by atoms with E-state index < -0.39 is 16.1 Å². The Morgan fingerprint density at radius 2 is 1.63 bits per heavy atom. The molecule has 0 unspecified atom stereocenters. The van der Waals surface area contributed by atoms with Crippen LogP contribution in [-0.2, 0) is 32.6 Å². The van der Waals surface area contributed by atoms with Gasteiger partial charge in [0.15, 0.2) is 0 Å². The second-order valence-electron chi connectivity index (χ2n) is 9.88. The Hall–Kier alpha value is -3.07. The number of halogens is 2. The van der Waals surface area contributed by atoms with Crippen molar-refractivity contribution in [2.24, 2.45) is 0 Å². The van der Waals surface area contributed by atoms with Crippen molar-refractivity contribution < 1.29 is 18.0 Å². The summed E-state index contributed by atoms with van der Waals surface area (Å²) in [5.74, 6) is -0.504. The first-order valence-corrected chi connectivity index (χ1v) is 16.3. The first-order chi connectivity index (χ1) is 19.6. The van der Waals surface area contributed by atoms with Crippen molar-refractivity contribution in [3.05, 3.63) is 100 Å². The van der Waals surface area contributed by atoms with Gasteiger partial charge in [-0.05, 0) is 48.2 Å². The molecule has 3 rings (SSSR count). The third-order valence-electron chi connectivity index (χ3n) is 6.65. The molecule has 0 saturated carbocycles. The first kappa shape index (κ1) is 32.4. The van der Waals surface area contributed by atoms with Crippen LogP contribution in [0.3, 0.4) is 0 Å². The molecule has 0 fully saturated rings. The summed E-state index contributed by atoms with van der Waals surface area (Å²) in [7, 11) is -3.62. The number of anilines is 1. The fourth-order valence-electron chi connectivity index (χ4n) is 4.51. The van der Waals surface area contributed by atoms with Gasteiger partial charge in [0.25, 0.3) is 0 Å². The summed E-state index contributed by atoms with van der Waals surface area (Å²) in [4.78, 5) is 29.0. The Kier molecular flexibility index (Phi) is 12.5. The lowest BCUT2D eigenvalue weighted by Crippen LogP contribution is -2.50. The lowest BCUT2D eigenvalue weighted by atomic mass is 10.0. The van der Waals surface area contributed by atoms with Gasteiger partial charge in [0, 0.05) is 42.5 Å². The Morgan fingerprint density at radius 1 is 0.927 bits per heavy atom. The molecule has 0 aromatic heterocycles. The summed E-state index contributed by atoms with van der Waals surface area (Å²) in [6.07, 6.45) is 3.48. The second kappa shape index (κ2) is 15.8. The van der Waals surface area contributed by atoms with Crippen LogP contribution in [0.25, 0.3) is 0 Å². The third-order valence-corrected chi connectivity index (χ3v) is 8.45. The van der Waals surface area contributed by atoms with Crippen LogP contribution in [0.1, 0.15) is 43.7 Å². The largest absolute Gasteiger partial charge is 0.354 e. The molecule has 7 nitrogen and oxygen atoms in total. The zero-order valence-corrected chi connectivity index (χ0v) is 25.8. The van der Waals surface area contributed by atoms with Crippen LogP contribution in [-0.4, -0.2) is 50.5 Å². The van der Waals surface area contributed by atoms with Gasteiger partial charge >= 0.3 is 0 Å². The van der Waals surface area contributed by atoms with E-state index in [4.69, 9.17) is 23.2 Å². The molecule has 0 heterocycles. The van der Waals surface area contributed by atoms with Gasteiger partial charge < -0.3 is 10.2 Å². The van der Waals surface area contributed by atoms with Crippen molar-refractivity contribution in [1.29, 1.82) is 0 Å². The van der Waals surface area contributed by atoms with E-state index in [0.29, 0.717) is 28.7 Å². The quantitative estimate of drug-likeness (QED) is 0.209. The molecule has 0 aliphatic heterocycles. The molecule has 0 radical (unpaired) electrons. The molecule has 41 heavy (non-hydrogen) atoms. The fourth-order valence-corrected chi connectivity index (χ4v) is 5.84. The summed E-state index contributed by atoms with van der Waals surface area (Å²) in [6.45, 7) is 2.78. The van der Waals surface area contributed by atoms with Gasteiger partial charge in [0.05, 0.1) is 11.9 Å². The topological polar surface area (TPSA) is 86.8 Å². The SMILES string of the molecule is CCCCNC(=O)[C@@H](Cc1ccccc1)N(Cc1ccccc1Cl)C(=O)CCCN(c1cccc(Cl)c1)S(C)(=O)=O. The number of rotatable bonds is 15. The highest BCUT2D eigenvalue weighted by Gasteiger charge is 2.31. The molecule has 2 amide bonds. The lowest BCUT2D eigenvalue weighted by Gasteiger charge is -2.32. The van der Waals surface area contributed by atoms with Crippen LogP contribution < -0.4 is 9.62 Å². The molecule has 0 aliphatic rings. The Morgan fingerprint density at radius 3 is 2.29 bits per heavy atom. The number of nitrogens with one attached hydrogen (secondary N) is 1. The average Bonchev–Trinajstić information content (AvgIpc) is 2.93.